The van der Waals surface area contributed by atoms with E-state index in [4.69, 9.17) is 10.5 Å². The minimum atomic E-state index is -2.89. The highest BCUT2D eigenvalue weighted by atomic mass is 19.3. The van der Waals surface area contributed by atoms with Gasteiger partial charge in [0, 0.05) is 24.6 Å². The van der Waals surface area contributed by atoms with E-state index < -0.39 is 12.5 Å². The number of nitrogens with zero attached hydrogens (tertiary/aromatic N) is 3. The molecular formula is C16H16F2N4O2. The summed E-state index contributed by atoms with van der Waals surface area (Å²) < 4.78 is 32.5. The van der Waals surface area contributed by atoms with E-state index in [0.29, 0.717) is 16.9 Å². The second-order valence-corrected chi connectivity index (χ2v) is 6.68. The number of hydrogen-bond donors (Lipinski definition) is 1. The third kappa shape index (κ3) is 2.46. The minimum absolute atomic E-state index is 0.0494. The normalized spacial score (nSPS) is 23.2. The molecule has 0 aromatic carbocycles. The fourth-order valence-electron chi connectivity index (χ4n) is 3.30. The summed E-state index contributed by atoms with van der Waals surface area (Å²) in [6.07, 6.45) is 1.89. The van der Waals surface area contributed by atoms with Crippen molar-refractivity contribution >= 4 is 5.78 Å². The molecule has 1 aromatic rings. The predicted octanol–water partition coefficient (Wildman–Crippen LogP) is 2.73. The van der Waals surface area contributed by atoms with Crippen molar-refractivity contribution in [2.75, 3.05) is 0 Å². The minimum Gasteiger partial charge on any atom is -0.444 e. The number of nitriles is 1. The number of ether oxygens (including phenoxy) is 1. The first-order valence-electron chi connectivity index (χ1n) is 7.40. The fraction of sp³-hybridized carbons (Fsp3) is 0.438. The van der Waals surface area contributed by atoms with Gasteiger partial charge in [-0.15, -0.1) is 0 Å². The predicted molar refractivity (Wildman–Crippen MR) is 79.2 cm³/mol. The molecule has 1 atom stereocenters. The number of allylic oxidation sites excluding steroid dienone is 3. The van der Waals surface area contributed by atoms with Gasteiger partial charge in [-0.2, -0.15) is 19.1 Å². The molecule has 1 aliphatic carbocycles. The van der Waals surface area contributed by atoms with E-state index >= 15 is 0 Å². The maximum Gasteiger partial charge on any atom is 0.333 e. The first kappa shape index (κ1) is 16.2. The molecule has 0 saturated heterocycles. The molecule has 0 saturated carbocycles. The summed E-state index contributed by atoms with van der Waals surface area (Å²) >= 11 is 0. The Hall–Kier alpha value is -2.69. The Bertz CT molecular complexity index is 814. The van der Waals surface area contributed by atoms with Gasteiger partial charge in [-0.25, -0.2) is 4.68 Å². The van der Waals surface area contributed by atoms with Crippen molar-refractivity contribution < 1.29 is 18.3 Å². The van der Waals surface area contributed by atoms with Gasteiger partial charge < -0.3 is 10.5 Å². The molecule has 8 heteroatoms. The van der Waals surface area contributed by atoms with Gasteiger partial charge in [0.1, 0.15) is 17.4 Å². The summed E-state index contributed by atoms with van der Waals surface area (Å²) in [7, 11) is 0. The molecule has 0 radical (unpaired) electrons. The molecule has 0 spiro atoms. The van der Waals surface area contributed by atoms with E-state index in [1.165, 1.54) is 12.3 Å². The van der Waals surface area contributed by atoms with Gasteiger partial charge in [0.05, 0.1) is 11.6 Å². The molecule has 0 fully saturated rings. The lowest BCUT2D eigenvalue weighted by atomic mass is 9.71. The van der Waals surface area contributed by atoms with Crippen LogP contribution in [0.4, 0.5) is 8.78 Å². The van der Waals surface area contributed by atoms with Gasteiger partial charge in [-0.3, -0.25) is 4.79 Å². The van der Waals surface area contributed by atoms with Crippen LogP contribution in [0.15, 0.2) is 35.1 Å². The van der Waals surface area contributed by atoms with Crippen LogP contribution >= 0.6 is 0 Å². The second-order valence-electron chi connectivity index (χ2n) is 6.68. The van der Waals surface area contributed by atoms with Crippen LogP contribution in [0.5, 0.6) is 0 Å². The van der Waals surface area contributed by atoms with Crippen LogP contribution in [-0.4, -0.2) is 15.6 Å². The second kappa shape index (κ2) is 5.44. The van der Waals surface area contributed by atoms with E-state index in [-0.39, 0.29) is 40.3 Å². The van der Waals surface area contributed by atoms with Gasteiger partial charge in [0.25, 0.3) is 0 Å². The Balaban J connectivity index is 2.21. The fourth-order valence-corrected chi connectivity index (χ4v) is 3.30. The summed E-state index contributed by atoms with van der Waals surface area (Å²) in [6, 6.07) is 3.26. The van der Waals surface area contributed by atoms with E-state index in [1.54, 1.807) is 0 Å². The lowest BCUT2D eigenvalue weighted by molar-refractivity contribution is -0.119. The zero-order valence-corrected chi connectivity index (χ0v) is 13.2. The summed E-state index contributed by atoms with van der Waals surface area (Å²) in [4.78, 5) is 12.7. The SMILES string of the molecule is CC1(C)CC(=O)C2=C(C1)OC(N)=C(C#N)C2c1ccnn1C(F)F. The Kier molecular flexibility index (Phi) is 3.67. The number of alkyl halides is 2. The van der Waals surface area contributed by atoms with Gasteiger partial charge in [-0.05, 0) is 11.5 Å². The molecule has 0 bridgehead atoms. The topological polar surface area (TPSA) is 93.9 Å². The lowest BCUT2D eigenvalue weighted by Crippen LogP contribution is -2.34. The number of rotatable bonds is 2. The summed E-state index contributed by atoms with van der Waals surface area (Å²) in [6.45, 7) is 0.935. The largest absolute Gasteiger partial charge is 0.444 e. The highest BCUT2D eigenvalue weighted by molar-refractivity contribution is 5.99. The van der Waals surface area contributed by atoms with Crippen molar-refractivity contribution in [3.8, 4) is 6.07 Å². The molecule has 3 rings (SSSR count). The van der Waals surface area contributed by atoms with Gasteiger partial charge in [0.15, 0.2) is 5.78 Å². The number of carbonyl (C=O) groups is 1. The van der Waals surface area contributed by atoms with E-state index in [9.17, 15) is 18.8 Å². The number of ketones is 1. The van der Waals surface area contributed by atoms with Crippen molar-refractivity contribution in [1.82, 2.24) is 9.78 Å². The molecule has 6 nitrogen and oxygen atoms in total. The lowest BCUT2D eigenvalue weighted by Gasteiger charge is -2.37. The average molecular weight is 334 g/mol. The van der Waals surface area contributed by atoms with E-state index in [1.807, 2.05) is 19.9 Å². The zero-order chi connectivity index (χ0) is 17.6. The van der Waals surface area contributed by atoms with Crippen molar-refractivity contribution in [2.24, 2.45) is 11.1 Å². The smallest absolute Gasteiger partial charge is 0.333 e. The van der Waals surface area contributed by atoms with Crippen molar-refractivity contribution in [1.29, 1.82) is 5.26 Å². The maximum atomic E-state index is 13.2. The number of nitrogens with two attached hydrogens (primary N) is 1. The quantitative estimate of drug-likeness (QED) is 0.897. The van der Waals surface area contributed by atoms with E-state index in [0.717, 1.165) is 0 Å². The Morgan fingerprint density at radius 2 is 2.21 bits per heavy atom. The van der Waals surface area contributed by atoms with Crippen LogP contribution in [0, 0.1) is 16.7 Å². The molecule has 126 valence electrons. The summed E-state index contributed by atoms with van der Waals surface area (Å²) in [5.74, 6) is -1.03. The number of Topliss-reactive ketones (excluding diaryl/α,β-unsaturated/α-hetero) is 1. The van der Waals surface area contributed by atoms with Gasteiger partial charge in [0.2, 0.25) is 5.88 Å². The highest BCUT2D eigenvalue weighted by Crippen LogP contribution is 2.48. The van der Waals surface area contributed by atoms with Crippen molar-refractivity contribution in [2.45, 2.75) is 39.2 Å². The molecule has 1 aromatic heterocycles. The molecule has 0 amide bonds. The number of carbonyl (C=O) groups excluding carboxylic acids is 1. The van der Waals surface area contributed by atoms with Crippen LogP contribution < -0.4 is 5.73 Å². The molecule has 24 heavy (non-hydrogen) atoms. The van der Waals surface area contributed by atoms with Crippen molar-refractivity contribution in [3.63, 3.8) is 0 Å². The number of aromatic nitrogens is 2. The average Bonchev–Trinajstić information content (AvgIpc) is 2.93. The molecule has 1 unspecified atom stereocenters. The molecule has 2 heterocycles. The Morgan fingerprint density at radius 3 is 2.83 bits per heavy atom. The Labute approximate surface area is 137 Å². The summed E-state index contributed by atoms with van der Waals surface area (Å²) in [5, 5.41) is 13.0. The third-order valence-corrected chi connectivity index (χ3v) is 4.26. The van der Waals surface area contributed by atoms with Crippen LogP contribution in [0.1, 0.15) is 44.9 Å². The maximum absolute atomic E-state index is 13.2. The van der Waals surface area contributed by atoms with Gasteiger partial charge in [-0.1, -0.05) is 13.8 Å². The molecule has 1 aliphatic heterocycles. The van der Waals surface area contributed by atoms with Crippen molar-refractivity contribution in [3.05, 3.63) is 40.7 Å². The number of hydrogen-bond acceptors (Lipinski definition) is 5. The molecule has 2 aliphatic rings. The number of halogens is 2. The van der Waals surface area contributed by atoms with Crippen LogP contribution in [-0.2, 0) is 9.53 Å². The highest BCUT2D eigenvalue weighted by Gasteiger charge is 2.44. The Morgan fingerprint density at radius 1 is 1.50 bits per heavy atom. The first-order valence-corrected chi connectivity index (χ1v) is 7.40. The molecular weight excluding hydrogens is 318 g/mol. The standard InChI is InChI=1S/C16H16F2N4O2/c1-16(2)5-10(23)13-11(6-16)24-14(20)8(7-19)12(13)9-3-4-21-22(9)15(17)18/h3-4,12,15H,5-6,20H2,1-2H3. The monoisotopic (exact) mass is 334 g/mol. The van der Waals surface area contributed by atoms with Gasteiger partial charge >= 0.3 is 6.55 Å². The summed E-state index contributed by atoms with van der Waals surface area (Å²) in [5.41, 5.74) is 5.72. The zero-order valence-electron chi connectivity index (χ0n) is 13.2. The van der Waals surface area contributed by atoms with E-state index in [2.05, 4.69) is 5.10 Å². The third-order valence-electron chi connectivity index (χ3n) is 4.26. The van der Waals surface area contributed by atoms with Crippen LogP contribution in [0.2, 0.25) is 0 Å². The first-order chi connectivity index (χ1) is 11.2. The molecule has 2 N–H and O–H groups in total. The van der Waals surface area contributed by atoms with Crippen LogP contribution in [0.25, 0.3) is 0 Å². The van der Waals surface area contributed by atoms with Crippen LogP contribution in [0.3, 0.4) is 0 Å².